The van der Waals surface area contributed by atoms with Gasteiger partial charge in [0, 0.05) is 45.4 Å². The molecule has 4 aromatic rings. The SMILES string of the molecule is CC(=NNC(=O)CCn1c2ccccc2c2ccccc21)c1ccccc1Cl. The molecule has 1 aromatic heterocycles. The van der Waals surface area contributed by atoms with Crippen LogP contribution < -0.4 is 5.43 Å². The lowest BCUT2D eigenvalue weighted by Gasteiger charge is -2.08. The molecular weight excluding hydrogens is 370 g/mol. The van der Waals surface area contributed by atoms with Crippen LogP contribution in [-0.2, 0) is 11.3 Å². The molecule has 0 unspecified atom stereocenters. The molecule has 1 N–H and O–H groups in total. The van der Waals surface area contributed by atoms with E-state index in [-0.39, 0.29) is 5.91 Å². The first-order valence-electron chi connectivity index (χ1n) is 9.19. The second-order valence-corrected chi connectivity index (χ2v) is 7.06. The highest BCUT2D eigenvalue weighted by Gasteiger charge is 2.11. The Morgan fingerprint density at radius 1 is 0.929 bits per heavy atom. The van der Waals surface area contributed by atoms with Crippen molar-refractivity contribution < 1.29 is 4.79 Å². The topological polar surface area (TPSA) is 46.4 Å². The third kappa shape index (κ3) is 3.51. The summed E-state index contributed by atoms with van der Waals surface area (Å²) in [5.41, 5.74) is 6.40. The Morgan fingerprint density at radius 2 is 1.50 bits per heavy atom. The van der Waals surface area contributed by atoms with Crippen molar-refractivity contribution in [3.63, 3.8) is 0 Å². The summed E-state index contributed by atoms with van der Waals surface area (Å²) in [6, 6.07) is 24.0. The largest absolute Gasteiger partial charge is 0.340 e. The fourth-order valence-electron chi connectivity index (χ4n) is 3.47. The number of nitrogens with zero attached hydrogens (tertiary/aromatic N) is 2. The average Bonchev–Trinajstić information content (AvgIpc) is 3.05. The number of halogens is 1. The summed E-state index contributed by atoms with van der Waals surface area (Å²) in [7, 11) is 0. The minimum atomic E-state index is -0.131. The summed E-state index contributed by atoms with van der Waals surface area (Å²) in [4.78, 5) is 12.4. The van der Waals surface area contributed by atoms with Crippen LogP contribution in [0, 0.1) is 0 Å². The highest BCUT2D eigenvalue weighted by atomic mass is 35.5. The summed E-state index contributed by atoms with van der Waals surface area (Å²) in [6.07, 6.45) is 0.335. The number of fused-ring (bicyclic) bond motifs is 3. The van der Waals surface area contributed by atoms with Crippen LogP contribution in [0.25, 0.3) is 21.8 Å². The van der Waals surface area contributed by atoms with Crippen molar-refractivity contribution in [2.75, 3.05) is 0 Å². The number of hydrogen-bond donors (Lipinski definition) is 1. The normalized spacial score (nSPS) is 11.9. The van der Waals surface area contributed by atoms with Gasteiger partial charge in [0.25, 0.3) is 0 Å². The van der Waals surface area contributed by atoms with Gasteiger partial charge in [0.15, 0.2) is 0 Å². The van der Waals surface area contributed by atoms with Gasteiger partial charge in [-0.1, -0.05) is 66.2 Å². The number of aromatic nitrogens is 1. The molecule has 1 heterocycles. The summed E-state index contributed by atoms with van der Waals surface area (Å²) in [5, 5.41) is 7.22. The maximum absolute atomic E-state index is 12.4. The van der Waals surface area contributed by atoms with E-state index in [4.69, 9.17) is 11.6 Å². The average molecular weight is 390 g/mol. The van der Waals surface area contributed by atoms with Crippen LogP contribution in [0.15, 0.2) is 77.9 Å². The first-order chi connectivity index (χ1) is 13.6. The number of hydrazone groups is 1. The molecule has 4 nitrogen and oxygen atoms in total. The summed E-state index contributed by atoms with van der Waals surface area (Å²) in [6.45, 7) is 2.41. The van der Waals surface area contributed by atoms with Gasteiger partial charge >= 0.3 is 0 Å². The van der Waals surface area contributed by atoms with Crippen LogP contribution >= 0.6 is 11.6 Å². The van der Waals surface area contributed by atoms with Crippen LogP contribution in [0.3, 0.4) is 0 Å². The van der Waals surface area contributed by atoms with E-state index in [1.165, 1.54) is 10.8 Å². The zero-order valence-corrected chi connectivity index (χ0v) is 16.3. The van der Waals surface area contributed by atoms with E-state index in [1.54, 1.807) is 6.07 Å². The monoisotopic (exact) mass is 389 g/mol. The molecule has 0 bridgehead atoms. The van der Waals surface area contributed by atoms with Crippen molar-refractivity contribution in [3.05, 3.63) is 83.4 Å². The number of carbonyl (C=O) groups is 1. The number of rotatable bonds is 5. The third-order valence-electron chi connectivity index (χ3n) is 4.85. The van der Waals surface area contributed by atoms with Crippen LogP contribution in [0.4, 0.5) is 0 Å². The number of amides is 1. The molecule has 0 spiro atoms. The van der Waals surface area contributed by atoms with Crippen molar-refractivity contribution in [2.24, 2.45) is 5.10 Å². The molecule has 0 fully saturated rings. The van der Waals surface area contributed by atoms with Crippen LogP contribution in [0.2, 0.25) is 5.02 Å². The zero-order chi connectivity index (χ0) is 19.5. The Labute approximate surface area is 168 Å². The number of hydrogen-bond acceptors (Lipinski definition) is 2. The minimum Gasteiger partial charge on any atom is -0.340 e. The molecule has 0 saturated carbocycles. The molecule has 0 saturated heterocycles. The number of carbonyl (C=O) groups excluding carboxylic acids is 1. The van der Waals surface area contributed by atoms with E-state index in [9.17, 15) is 4.79 Å². The predicted molar refractivity (Wildman–Crippen MR) is 116 cm³/mol. The summed E-state index contributed by atoms with van der Waals surface area (Å²) < 4.78 is 2.19. The van der Waals surface area contributed by atoms with Gasteiger partial charge in [0.05, 0.1) is 5.71 Å². The quantitative estimate of drug-likeness (QED) is 0.361. The molecule has 0 atom stereocenters. The predicted octanol–water partition coefficient (Wildman–Crippen LogP) is 5.38. The van der Waals surface area contributed by atoms with E-state index < -0.39 is 0 Å². The van der Waals surface area contributed by atoms with E-state index >= 15 is 0 Å². The summed E-state index contributed by atoms with van der Waals surface area (Å²) in [5.74, 6) is -0.131. The summed E-state index contributed by atoms with van der Waals surface area (Å²) >= 11 is 6.18. The van der Waals surface area contributed by atoms with Gasteiger partial charge in [0.2, 0.25) is 5.91 Å². The zero-order valence-electron chi connectivity index (χ0n) is 15.5. The Bertz CT molecular complexity index is 1140. The lowest BCUT2D eigenvalue weighted by molar-refractivity contribution is -0.121. The van der Waals surface area contributed by atoms with Gasteiger partial charge in [-0.05, 0) is 25.1 Å². The van der Waals surface area contributed by atoms with E-state index in [0.717, 1.165) is 16.6 Å². The standard InChI is InChI=1S/C23H20ClN3O/c1-16(17-8-2-5-11-20(17)24)25-26-23(28)14-15-27-21-12-6-3-9-18(21)19-10-4-7-13-22(19)27/h2-13H,14-15H2,1H3,(H,26,28). The molecule has 1 amide bonds. The number of benzene rings is 3. The first-order valence-corrected chi connectivity index (χ1v) is 9.57. The maximum Gasteiger partial charge on any atom is 0.241 e. The smallest absolute Gasteiger partial charge is 0.241 e. The van der Waals surface area contributed by atoms with Gasteiger partial charge in [-0.2, -0.15) is 5.10 Å². The third-order valence-corrected chi connectivity index (χ3v) is 5.18. The highest BCUT2D eigenvalue weighted by Crippen LogP contribution is 2.28. The van der Waals surface area contributed by atoms with Crippen molar-refractivity contribution in [2.45, 2.75) is 19.9 Å². The van der Waals surface area contributed by atoms with Crippen molar-refractivity contribution in [3.8, 4) is 0 Å². The molecule has 5 heteroatoms. The fourth-order valence-corrected chi connectivity index (χ4v) is 3.75. The Hall–Kier alpha value is -3.11. The van der Waals surface area contributed by atoms with Crippen LogP contribution in [0.5, 0.6) is 0 Å². The number of para-hydroxylation sites is 2. The van der Waals surface area contributed by atoms with E-state index in [2.05, 4.69) is 39.4 Å². The van der Waals surface area contributed by atoms with E-state index in [0.29, 0.717) is 23.7 Å². The molecular formula is C23H20ClN3O. The van der Waals surface area contributed by atoms with E-state index in [1.807, 2.05) is 49.4 Å². The maximum atomic E-state index is 12.4. The molecule has 28 heavy (non-hydrogen) atoms. The van der Waals surface area contributed by atoms with Crippen LogP contribution in [-0.4, -0.2) is 16.2 Å². The molecule has 3 aromatic carbocycles. The molecule has 4 rings (SSSR count). The van der Waals surface area contributed by atoms with Crippen molar-refractivity contribution in [1.29, 1.82) is 0 Å². The molecule has 0 aliphatic rings. The van der Waals surface area contributed by atoms with Gasteiger partial charge in [-0.25, -0.2) is 5.43 Å². The first kappa shape index (κ1) is 18.3. The van der Waals surface area contributed by atoms with Gasteiger partial charge in [0.1, 0.15) is 0 Å². The molecule has 0 aliphatic carbocycles. The Morgan fingerprint density at radius 3 is 2.14 bits per heavy atom. The second-order valence-electron chi connectivity index (χ2n) is 6.65. The molecule has 140 valence electrons. The van der Waals surface area contributed by atoms with Gasteiger partial charge in [-0.3, -0.25) is 4.79 Å². The highest BCUT2D eigenvalue weighted by molar-refractivity contribution is 6.34. The number of aryl methyl sites for hydroxylation is 1. The Balaban J connectivity index is 1.51. The van der Waals surface area contributed by atoms with Gasteiger partial charge < -0.3 is 4.57 Å². The number of nitrogens with one attached hydrogen (secondary N) is 1. The lowest BCUT2D eigenvalue weighted by atomic mass is 10.1. The molecule has 0 radical (unpaired) electrons. The molecule has 0 aliphatic heterocycles. The van der Waals surface area contributed by atoms with Gasteiger partial charge in [-0.15, -0.1) is 0 Å². The van der Waals surface area contributed by atoms with Crippen molar-refractivity contribution >= 4 is 45.0 Å². The second kappa shape index (κ2) is 7.87. The fraction of sp³-hybridized carbons (Fsp3) is 0.130. The minimum absolute atomic E-state index is 0.131. The lowest BCUT2D eigenvalue weighted by Crippen LogP contribution is -2.20. The Kier molecular flexibility index (Phi) is 5.13. The van der Waals surface area contributed by atoms with Crippen LogP contribution in [0.1, 0.15) is 18.9 Å². The van der Waals surface area contributed by atoms with Crippen molar-refractivity contribution in [1.82, 2.24) is 9.99 Å².